The van der Waals surface area contributed by atoms with Crippen molar-refractivity contribution in [3.05, 3.63) is 250 Å². The molecule has 0 radical (unpaired) electrons. The zero-order valence-electron chi connectivity index (χ0n) is 49.7. The molecule has 440 valence electrons. The summed E-state index contributed by atoms with van der Waals surface area (Å²) < 4.78 is 140. The molecule has 5 aliphatic carbocycles. The largest absolute Gasteiger partial charge is 0.402 e. The molecule has 2 unspecified atom stereocenters. The third-order valence-electron chi connectivity index (χ3n) is 22.2. The minimum atomic E-state index is -4.68. The minimum Gasteiger partial charge on any atom is -0.170 e. The normalized spacial score (nSPS) is 20.1. The van der Waals surface area contributed by atoms with Crippen molar-refractivity contribution in [3.8, 4) is 100 Å². The molecule has 0 spiro atoms. The molecule has 0 aromatic heterocycles. The van der Waals surface area contributed by atoms with Crippen LogP contribution in [0.3, 0.4) is 0 Å². The molecule has 15 rings (SSSR count). The highest BCUT2D eigenvalue weighted by molar-refractivity contribution is 5.93. The first-order chi connectivity index (χ1) is 41.9. The number of hydrogen-bond acceptors (Lipinski definition) is 0. The Morgan fingerprint density at radius 2 is 0.398 bits per heavy atom. The van der Waals surface area contributed by atoms with Crippen LogP contribution in [0.2, 0.25) is 0 Å². The van der Waals surface area contributed by atoms with Crippen molar-refractivity contribution in [2.24, 2.45) is 0 Å². The molecule has 0 amide bonds. The molecule has 5 aliphatic rings. The van der Waals surface area contributed by atoms with Gasteiger partial charge in [-0.1, -0.05) is 173 Å². The first kappa shape index (κ1) is 56.1. The summed E-state index contributed by atoms with van der Waals surface area (Å²) >= 11 is 0. The number of alkyl halides is 9. The highest BCUT2D eigenvalue weighted by atomic mass is 19.4. The van der Waals surface area contributed by atoms with Crippen LogP contribution in [0, 0.1) is 0 Å². The van der Waals surface area contributed by atoms with Crippen LogP contribution in [0.4, 0.5) is 39.5 Å². The fraction of sp³-hybridized carbons (Fsp3) is 0.241. The molecule has 0 N–H and O–H groups in total. The van der Waals surface area contributed by atoms with Gasteiger partial charge < -0.3 is 0 Å². The molecule has 10 aromatic rings. The molecule has 0 heterocycles. The first-order valence-electron chi connectivity index (χ1n) is 30.5. The van der Waals surface area contributed by atoms with Gasteiger partial charge in [-0.25, -0.2) is 0 Å². The van der Waals surface area contributed by atoms with Crippen molar-refractivity contribution < 1.29 is 39.5 Å². The van der Waals surface area contributed by atoms with E-state index in [1.807, 2.05) is 72.8 Å². The predicted octanol–water partition coefficient (Wildman–Crippen LogP) is 23.1. The molecule has 0 nitrogen and oxygen atoms in total. The maximum absolute atomic E-state index is 16.3. The summed E-state index contributed by atoms with van der Waals surface area (Å²) in [6, 6.07) is 60.1. The van der Waals surface area contributed by atoms with Crippen LogP contribution >= 0.6 is 0 Å². The average molecular weight is 1180 g/mol. The topological polar surface area (TPSA) is 0 Å². The molecule has 0 bridgehead atoms. The average Bonchev–Trinajstić information content (AvgIpc) is 1.63. The molecular weight excluding hydrogens is 1120 g/mol. The zero-order valence-corrected chi connectivity index (χ0v) is 49.7. The van der Waals surface area contributed by atoms with E-state index in [-0.39, 0.29) is 33.4 Å². The Morgan fingerprint density at radius 3 is 0.602 bits per heavy atom. The third-order valence-corrected chi connectivity index (χ3v) is 22.2. The van der Waals surface area contributed by atoms with Crippen LogP contribution in [0.15, 0.2) is 194 Å². The van der Waals surface area contributed by atoms with Gasteiger partial charge in [0.25, 0.3) is 0 Å². The number of benzene rings is 10. The van der Waals surface area contributed by atoms with Gasteiger partial charge in [-0.3, -0.25) is 0 Å². The summed E-state index contributed by atoms with van der Waals surface area (Å²) in [5, 5.41) is 0. The van der Waals surface area contributed by atoms with E-state index in [0.717, 1.165) is 66.8 Å². The fourth-order valence-electron chi connectivity index (χ4n) is 16.9. The molecule has 0 aliphatic heterocycles. The summed E-state index contributed by atoms with van der Waals surface area (Å²) in [6.07, 6.45) is -10.9. The van der Waals surface area contributed by atoms with Crippen molar-refractivity contribution in [1.29, 1.82) is 0 Å². The van der Waals surface area contributed by atoms with E-state index >= 15 is 39.5 Å². The van der Waals surface area contributed by atoms with E-state index in [2.05, 4.69) is 76.2 Å². The number of rotatable bonds is 8. The molecule has 0 saturated heterocycles. The molecule has 0 fully saturated rings. The van der Waals surface area contributed by atoms with Gasteiger partial charge in [0, 0.05) is 10.8 Å². The lowest BCUT2D eigenvalue weighted by Crippen LogP contribution is -2.38. The van der Waals surface area contributed by atoms with E-state index in [9.17, 15) is 0 Å². The summed E-state index contributed by atoms with van der Waals surface area (Å²) in [7, 11) is 0. The molecule has 9 heteroatoms. The van der Waals surface area contributed by atoms with Gasteiger partial charge in [0.05, 0.1) is 0 Å². The first-order valence-corrected chi connectivity index (χ1v) is 30.5. The number of hydrogen-bond donors (Lipinski definition) is 0. The monoisotopic (exact) mass is 1180 g/mol. The van der Waals surface area contributed by atoms with E-state index in [0.29, 0.717) is 81.3 Å². The molecule has 88 heavy (non-hydrogen) atoms. The summed E-state index contributed by atoms with van der Waals surface area (Å²) in [6.45, 7) is 12.4. The maximum atomic E-state index is 16.3. The quantitative estimate of drug-likeness (QED) is 0.133. The van der Waals surface area contributed by atoms with Crippen molar-refractivity contribution in [3.63, 3.8) is 0 Å². The van der Waals surface area contributed by atoms with Crippen molar-refractivity contribution in [2.75, 3.05) is 0 Å². The van der Waals surface area contributed by atoms with Gasteiger partial charge >= 0.3 is 18.5 Å². The second kappa shape index (κ2) is 18.6. The molecular formula is C79H61F9. The SMILES string of the molecule is CCC1(CC)c2cc(-c3ccc4c(c3)C(C)(C(F)(F)F)c3ccccc3-4)ccc2-c2ccc(-c3ccc4c(c3)C(C)(C(F)(F)F)c3cc(-c5ccc6c(c5)C(CC)(CC)c5cc(-c7ccc8c(c7)C(C)(C(F)(F)F)c7ccccc7-8)ccc5-6)ccc3-4)cc21. The summed E-state index contributed by atoms with van der Waals surface area (Å²) in [4.78, 5) is 0. The predicted molar refractivity (Wildman–Crippen MR) is 336 cm³/mol. The van der Waals surface area contributed by atoms with E-state index in [1.165, 1.54) is 20.8 Å². The Morgan fingerprint density at radius 1 is 0.227 bits per heavy atom. The summed E-state index contributed by atoms with van der Waals surface area (Å²) in [5.74, 6) is 0. The molecule has 10 aromatic carbocycles. The van der Waals surface area contributed by atoms with Crippen LogP contribution in [0.1, 0.15) is 130 Å². The Hall–Kier alpha value is -8.43. The lowest BCUT2D eigenvalue weighted by atomic mass is 9.72. The summed E-state index contributed by atoms with van der Waals surface area (Å²) in [5.41, 5.74) is 11.3. The maximum Gasteiger partial charge on any atom is 0.402 e. The third kappa shape index (κ3) is 7.13. The highest BCUT2D eigenvalue weighted by Gasteiger charge is 2.61. The van der Waals surface area contributed by atoms with Gasteiger partial charge in [-0.15, -0.1) is 0 Å². The lowest BCUT2D eigenvalue weighted by molar-refractivity contribution is -0.172. The van der Waals surface area contributed by atoms with Gasteiger partial charge in [-0.05, 0) is 251 Å². The Bertz CT molecular complexity index is 4350. The van der Waals surface area contributed by atoms with Crippen LogP contribution < -0.4 is 0 Å². The fourth-order valence-corrected chi connectivity index (χ4v) is 16.9. The van der Waals surface area contributed by atoms with E-state index < -0.39 is 45.6 Å². The Kier molecular flexibility index (Phi) is 11.8. The second-order valence-corrected chi connectivity index (χ2v) is 25.6. The standard InChI is InChI=1S/C79H61F9/c1-8-75(9-2)68-40-48(44-20-28-54-52-16-12-14-18-62(52)72(5,64(54)36-44)77(80,81)82)24-32-58(68)60-34-26-50(42-70(60)75)46-22-30-56-57-31-23-47(39-67(57)74(7,66(56)38-46)79(86,87)88)51-27-35-61-59-33-25-49(41-69(59)76(10-3,11-4)71(61)43-51)45-21-29-55-53-17-13-15-19-63(53)73(6,65(55)37-45)78(83,84)85/h12-43H,8-11H2,1-7H3. The zero-order chi connectivity index (χ0) is 61.6. The van der Waals surface area contributed by atoms with Gasteiger partial charge in [-0.2, -0.15) is 39.5 Å². The Balaban J connectivity index is 0.757. The molecule has 2 atom stereocenters. The van der Waals surface area contributed by atoms with E-state index in [4.69, 9.17) is 0 Å². The van der Waals surface area contributed by atoms with Crippen molar-refractivity contribution in [1.82, 2.24) is 0 Å². The van der Waals surface area contributed by atoms with Gasteiger partial charge in [0.2, 0.25) is 0 Å². The van der Waals surface area contributed by atoms with Crippen molar-refractivity contribution >= 4 is 0 Å². The van der Waals surface area contributed by atoms with Crippen LogP contribution in [0.5, 0.6) is 0 Å². The number of halogens is 9. The second-order valence-electron chi connectivity index (χ2n) is 25.6. The van der Waals surface area contributed by atoms with Gasteiger partial charge in [0.1, 0.15) is 16.2 Å². The van der Waals surface area contributed by atoms with Crippen LogP contribution in [-0.4, -0.2) is 18.5 Å². The highest BCUT2D eigenvalue weighted by Crippen LogP contribution is 2.63. The smallest absolute Gasteiger partial charge is 0.170 e. The minimum absolute atomic E-state index is 0.182. The Labute approximate surface area is 506 Å². The van der Waals surface area contributed by atoms with Gasteiger partial charge in [0.15, 0.2) is 0 Å². The van der Waals surface area contributed by atoms with E-state index in [1.54, 1.807) is 72.8 Å². The number of fused-ring (bicyclic) bond motifs is 15. The van der Waals surface area contributed by atoms with Crippen molar-refractivity contribution in [2.45, 2.75) is 120 Å². The molecule has 0 saturated carbocycles. The van der Waals surface area contributed by atoms with Crippen LogP contribution in [0.25, 0.3) is 100 Å². The lowest BCUT2D eigenvalue weighted by Gasteiger charge is -2.31. The van der Waals surface area contributed by atoms with Crippen LogP contribution in [-0.2, 0) is 27.1 Å².